The zero-order valence-corrected chi connectivity index (χ0v) is 23.4. The number of likely N-dealkylation sites (tertiary alicyclic amines) is 2. The number of benzene rings is 2. The molecule has 2 fully saturated rings. The van der Waals surface area contributed by atoms with Crippen LogP contribution < -0.4 is 10.1 Å². The van der Waals surface area contributed by atoms with Crippen molar-refractivity contribution in [2.45, 2.75) is 38.0 Å². The van der Waals surface area contributed by atoms with Gasteiger partial charge in [0.05, 0.1) is 18.7 Å². The van der Waals surface area contributed by atoms with Crippen molar-refractivity contribution >= 4 is 24.2 Å². The van der Waals surface area contributed by atoms with E-state index in [4.69, 9.17) is 4.74 Å². The third-order valence-corrected chi connectivity index (χ3v) is 7.61. The summed E-state index contributed by atoms with van der Waals surface area (Å²) in [5, 5.41) is 13.4. The zero-order valence-electron chi connectivity index (χ0n) is 22.5. The summed E-state index contributed by atoms with van der Waals surface area (Å²) in [6.07, 6.45) is -4.03. The largest absolute Gasteiger partial charge is 0.496 e. The van der Waals surface area contributed by atoms with Crippen LogP contribution in [0.5, 0.6) is 5.75 Å². The Bertz CT molecular complexity index is 1370. The molecule has 0 aliphatic carbocycles. The molecule has 2 aliphatic rings. The lowest BCUT2D eigenvalue weighted by Gasteiger charge is -2.44. The lowest BCUT2D eigenvalue weighted by Crippen LogP contribution is -2.58. The number of piperidine rings is 1. The summed E-state index contributed by atoms with van der Waals surface area (Å²) < 4.78 is 46.3. The van der Waals surface area contributed by atoms with Crippen LogP contribution >= 0.6 is 12.4 Å². The van der Waals surface area contributed by atoms with Gasteiger partial charge >= 0.3 is 6.18 Å². The zero-order chi connectivity index (χ0) is 28.4. The molecule has 1 aromatic heterocycles. The van der Waals surface area contributed by atoms with Gasteiger partial charge in [0.1, 0.15) is 5.75 Å². The van der Waals surface area contributed by atoms with Gasteiger partial charge in [0.25, 0.3) is 5.82 Å². The van der Waals surface area contributed by atoms with Gasteiger partial charge in [-0.05, 0) is 40.6 Å². The molecule has 5 rings (SSSR count). The maximum atomic E-state index is 13.4. The van der Waals surface area contributed by atoms with Crippen molar-refractivity contribution in [3.05, 3.63) is 65.5 Å². The standard InChI is InChI=1S/C27H30F3N7O3.ClH/c1-17(38)36-14-20(15-36)25(39)35-11-10-23(22(16-35)18-6-4-3-5-7-18)31-13-19-12-21(8-9-24(19)40-2)37-26(27(28,29)30)32-33-34-37;/h3-9,12,20,22-23,31H,10-11,13-16H2,1-2H3;1H/t22-,23-;/m0./s1. The molecule has 0 radical (unpaired) electrons. The topological polar surface area (TPSA) is 105 Å². The Hall–Kier alpha value is -3.71. The molecule has 0 bridgehead atoms. The van der Waals surface area contributed by atoms with E-state index in [1.807, 2.05) is 35.2 Å². The van der Waals surface area contributed by atoms with E-state index in [1.165, 1.54) is 20.1 Å². The highest BCUT2D eigenvalue weighted by molar-refractivity contribution is 5.85. The molecule has 0 spiro atoms. The Balaban J connectivity index is 0.00000387. The van der Waals surface area contributed by atoms with E-state index in [1.54, 1.807) is 17.0 Å². The molecule has 2 saturated heterocycles. The van der Waals surface area contributed by atoms with Crippen LogP contribution in [-0.4, -0.2) is 81.2 Å². The summed E-state index contributed by atoms with van der Waals surface area (Å²) in [5.41, 5.74) is 1.89. The summed E-state index contributed by atoms with van der Waals surface area (Å²) >= 11 is 0. The first-order valence-electron chi connectivity index (χ1n) is 13.0. The quantitative estimate of drug-likeness (QED) is 0.449. The highest BCUT2D eigenvalue weighted by Crippen LogP contribution is 2.32. The van der Waals surface area contributed by atoms with Crippen LogP contribution in [-0.2, 0) is 22.3 Å². The van der Waals surface area contributed by atoms with Gasteiger partial charge in [-0.25, -0.2) is 0 Å². The van der Waals surface area contributed by atoms with E-state index in [2.05, 4.69) is 20.8 Å². The number of carbonyl (C=O) groups is 2. The van der Waals surface area contributed by atoms with Gasteiger partial charge in [-0.1, -0.05) is 30.3 Å². The maximum Gasteiger partial charge on any atom is 0.453 e. The van der Waals surface area contributed by atoms with E-state index in [0.29, 0.717) is 55.1 Å². The van der Waals surface area contributed by atoms with E-state index in [9.17, 15) is 22.8 Å². The van der Waals surface area contributed by atoms with E-state index in [-0.39, 0.29) is 47.8 Å². The molecule has 14 heteroatoms. The van der Waals surface area contributed by atoms with E-state index < -0.39 is 12.0 Å². The molecular weight excluding hydrogens is 563 g/mol. The Morgan fingerprint density at radius 1 is 1.07 bits per heavy atom. The number of rotatable bonds is 7. The third-order valence-electron chi connectivity index (χ3n) is 7.61. The lowest BCUT2D eigenvalue weighted by atomic mass is 9.84. The van der Waals surface area contributed by atoms with Gasteiger partial charge in [0.2, 0.25) is 11.8 Å². The summed E-state index contributed by atoms with van der Waals surface area (Å²) in [6.45, 7) is 3.82. The van der Waals surface area contributed by atoms with Gasteiger partial charge in [0, 0.05) is 57.2 Å². The highest BCUT2D eigenvalue weighted by Gasteiger charge is 2.40. The first-order valence-corrected chi connectivity index (χ1v) is 13.0. The van der Waals surface area contributed by atoms with Crippen molar-refractivity contribution in [1.29, 1.82) is 0 Å². The molecule has 2 aromatic carbocycles. The number of hydrogen-bond acceptors (Lipinski definition) is 7. The van der Waals surface area contributed by atoms with Crippen LogP contribution in [0.4, 0.5) is 13.2 Å². The second kappa shape index (κ2) is 12.4. The fourth-order valence-corrected chi connectivity index (χ4v) is 5.40. The van der Waals surface area contributed by atoms with Crippen molar-refractivity contribution in [1.82, 2.24) is 35.3 Å². The number of nitrogens with zero attached hydrogens (tertiary/aromatic N) is 6. The molecule has 41 heavy (non-hydrogen) atoms. The van der Waals surface area contributed by atoms with Crippen molar-refractivity contribution in [3.8, 4) is 11.4 Å². The Labute approximate surface area is 241 Å². The summed E-state index contributed by atoms with van der Waals surface area (Å²) in [4.78, 5) is 28.3. The third kappa shape index (κ3) is 6.46. The minimum atomic E-state index is -4.71. The predicted octanol–water partition coefficient (Wildman–Crippen LogP) is 3.06. The number of halogens is 4. The minimum absolute atomic E-state index is 0. The van der Waals surface area contributed by atoms with E-state index >= 15 is 0 Å². The van der Waals surface area contributed by atoms with Gasteiger partial charge in [-0.15, -0.1) is 17.5 Å². The molecule has 2 amide bonds. The summed E-state index contributed by atoms with van der Waals surface area (Å²) in [5.74, 6) is -0.841. The number of carbonyl (C=O) groups excluding carboxylic acids is 2. The number of amides is 2. The number of alkyl halides is 3. The van der Waals surface area contributed by atoms with Crippen LogP contribution in [0.25, 0.3) is 5.69 Å². The maximum absolute atomic E-state index is 13.4. The van der Waals surface area contributed by atoms with E-state index in [0.717, 1.165) is 5.56 Å². The number of tetrazole rings is 1. The molecule has 3 aromatic rings. The molecule has 2 atom stereocenters. The van der Waals surface area contributed by atoms with Crippen LogP contribution in [0.1, 0.15) is 36.2 Å². The smallest absolute Gasteiger partial charge is 0.453 e. The summed E-state index contributed by atoms with van der Waals surface area (Å²) in [7, 11) is 1.50. The normalized spacial score (nSPS) is 19.3. The second-order valence-electron chi connectivity index (χ2n) is 10.1. The first-order chi connectivity index (χ1) is 19.2. The fourth-order valence-electron chi connectivity index (χ4n) is 5.40. The fraction of sp³-hybridized carbons (Fsp3) is 0.444. The monoisotopic (exact) mass is 593 g/mol. The van der Waals surface area contributed by atoms with Crippen LogP contribution in [0.15, 0.2) is 48.5 Å². The lowest BCUT2D eigenvalue weighted by molar-refractivity contribution is -0.148. The van der Waals surface area contributed by atoms with Gasteiger partial charge in [0.15, 0.2) is 0 Å². The van der Waals surface area contributed by atoms with Crippen molar-refractivity contribution in [2.75, 3.05) is 33.3 Å². The van der Waals surface area contributed by atoms with Gasteiger partial charge < -0.3 is 19.9 Å². The van der Waals surface area contributed by atoms with Crippen LogP contribution in [0, 0.1) is 5.92 Å². The Kier molecular flexibility index (Phi) is 9.17. The Morgan fingerprint density at radius 2 is 1.80 bits per heavy atom. The molecule has 220 valence electrons. The molecular formula is C27H31ClF3N7O3. The first kappa shape index (κ1) is 30.3. The van der Waals surface area contributed by atoms with Crippen molar-refractivity contribution in [3.63, 3.8) is 0 Å². The molecule has 2 aliphatic heterocycles. The van der Waals surface area contributed by atoms with Gasteiger partial charge in [-0.2, -0.15) is 17.9 Å². The Morgan fingerprint density at radius 3 is 2.46 bits per heavy atom. The predicted molar refractivity (Wildman–Crippen MR) is 145 cm³/mol. The molecule has 0 saturated carbocycles. The minimum Gasteiger partial charge on any atom is -0.496 e. The molecule has 3 heterocycles. The van der Waals surface area contributed by atoms with Crippen molar-refractivity contribution in [2.24, 2.45) is 5.92 Å². The number of ether oxygens (including phenoxy) is 1. The number of methoxy groups -OCH3 is 1. The number of nitrogens with one attached hydrogen (secondary N) is 1. The number of aromatic nitrogens is 4. The highest BCUT2D eigenvalue weighted by atomic mass is 35.5. The average Bonchev–Trinajstić information content (AvgIpc) is 3.42. The molecule has 10 nitrogen and oxygen atoms in total. The summed E-state index contributed by atoms with van der Waals surface area (Å²) in [6, 6.07) is 14.6. The molecule has 0 unspecified atom stereocenters. The SMILES string of the molecule is COc1ccc(-n2nnnc2C(F)(F)F)cc1CN[C@H]1CCN(C(=O)C2CN(C(C)=O)C2)C[C@H]1c1ccccc1.Cl. The second-order valence-corrected chi connectivity index (χ2v) is 10.1. The van der Waals surface area contributed by atoms with Crippen molar-refractivity contribution < 1.29 is 27.5 Å². The van der Waals surface area contributed by atoms with Gasteiger partial charge in [-0.3, -0.25) is 9.59 Å². The average molecular weight is 594 g/mol. The number of hydrogen-bond donors (Lipinski definition) is 1. The molecule has 1 N–H and O–H groups in total. The van der Waals surface area contributed by atoms with Crippen LogP contribution in [0.3, 0.4) is 0 Å². The van der Waals surface area contributed by atoms with Crippen LogP contribution in [0.2, 0.25) is 0 Å².